The van der Waals surface area contributed by atoms with Crippen LogP contribution in [0, 0.1) is 0 Å². The third-order valence-electron chi connectivity index (χ3n) is 4.29. The van der Waals surface area contributed by atoms with Gasteiger partial charge in [-0.1, -0.05) is 42.5 Å². The van der Waals surface area contributed by atoms with Crippen LogP contribution in [0.15, 0.2) is 42.5 Å². The first-order valence-electron chi connectivity index (χ1n) is 7.61. The maximum atomic E-state index is 10.8. The lowest BCUT2D eigenvalue weighted by atomic mass is 9.92. The number of rotatable bonds is 3. The molecule has 0 amide bonds. The summed E-state index contributed by atoms with van der Waals surface area (Å²) in [5.41, 5.74) is 6.54. The zero-order chi connectivity index (χ0) is 14.7. The van der Waals surface area contributed by atoms with E-state index in [4.69, 9.17) is 5.11 Å². The Morgan fingerprint density at radius 2 is 1.43 bits per heavy atom. The van der Waals surface area contributed by atoms with Crippen molar-refractivity contribution in [2.45, 2.75) is 38.5 Å². The molecule has 0 heterocycles. The summed E-state index contributed by atoms with van der Waals surface area (Å²) in [6.07, 6.45) is 4.90. The van der Waals surface area contributed by atoms with Crippen molar-refractivity contribution in [3.05, 3.63) is 70.3 Å². The number of carboxylic acid groups (broad SMARTS) is 1. The average Bonchev–Trinajstić information content (AvgIpc) is 2.48. The molecule has 2 nitrogen and oxygen atoms in total. The molecule has 0 atom stereocenters. The molecular formula is C19H20O2. The highest BCUT2D eigenvalue weighted by Gasteiger charge is 2.09. The van der Waals surface area contributed by atoms with Crippen LogP contribution >= 0.6 is 0 Å². The van der Waals surface area contributed by atoms with E-state index < -0.39 is 5.97 Å². The molecule has 2 aromatic rings. The molecular weight excluding hydrogens is 260 g/mol. The summed E-state index contributed by atoms with van der Waals surface area (Å²) in [4.78, 5) is 10.8. The van der Waals surface area contributed by atoms with Crippen LogP contribution in [-0.4, -0.2) is 11.1 Å². The Bertz CT molecular complexity index is 641. The lowest BCUT2D eigenvalue weighted by Crippen LogP contribution is -2.04. The Balaban J connectivity index is 1.90. The van der Waals surface area contributed by atoms with E-state index >= 15 is 0 Å². The van der Waals surface area contributed by atoms with Crippen molar-refractivity contribution < 1.29 is 9.90 Å². The van der Waals surface area contributed by atoms with Crippen LogP contribution in [0.5, 0.6) is 0 Å². The third kappa shape index (κ3) is 3.52. The summed E-state index contributed by atoms with van der Waals surface area (Å²) in [5.74, 6) is -0.720. The topological polar surface area (TPSA) is 37.3 Å². The number of carboxylic acids is 1. The summed E-state index contributed by atoms with van der Waals surface area (Å²) >= 11 is 0. The van der Waals surface area contributed by atoms with Gasteiger partial charge in [-0.25, -0.2) is 0 Å². The molecule has 6 rings (SSSR count). The lowest BCUT2D eigenvalue weighted by molar-refractivity contribution is -0.136. The second-order valence-electron chi connectivity index (χ2n) is 5.81. The fraction of sp³-hybridized carbons (Fsp3) is 0.316. The van der Waals surface area contributed by atoms with Gasteiger partial charge in [-0.2, -0.15) is 0 Å². The molecule has 0 aromatic heterocycles. The molecule has 21 heavy (non-hydrogen) atoms. The molecule has 0 spiro atoms. The van der Waals surface area contributed by atoms with Crippen LogP contribution in [0.4, 0.5) is 0 Å². The average molecular weight is 280 g/mol. The number of hydrogen-bond donors (Lipinski definition) is 1. The van der Waals surface area contributed by atoms with Crippen LogP contribution in [0.2, 0.25) is 0 Å². The highest BCUT2D eigenvalue weighted by atomic mass is 16.4. The minimum Gasteiger partial charge on any atom is -0.481 e. The number of aryl methyl sites for hydroxylation is 5. The van der Waals surface area contributed by atoms with Crippen molar-refractivity contribution in [2.24, 2.45) is 0 Å². The van der Waals surface area contributed by atoms with Crippen LogP contribution in [-0.2, 0) is 36.9 Å². The Labute approximate surface area is 125 Å². The van der Waals surface area contributed by atoms with Crippen molar-refractivity contribution >= 4 is 5.97 Å². The largest absolute Gasteiger partial charge is 0.481 e. The third-order valence-corrected chi connectivity index (χ3v) is 4.29. The van der Waals surface area contributed by atoms with Gasteiger partial charge < -0.3 is 5.11 Å². The van der Waals surface area contributed by atoms with Gasteiger partial charge in [-0.3, -0.25) is 4.79 Å². The van der Waals surface area contributed by atoms with E-state index in [1.807, 2.05) is 0 Å². The van der Waals surface area contributed by atoms with Crippen molar-refractivity contribution in [3.63, 3.8) is 0 Å². The van der Waals surface area contributed by atoms with Crippen molar-refractivity contribution in [1.29, 1.82) is 0 Å². The number of hydrogen-bond acceptors (Lipinski definition) is 1. The van der Waals surface area contributed by atoms with E-state index in [2.05, 4.69) is 42.5 Å². The van der Waals surface area contributed by atoms with Crippen molar-refractivity contribution in [3.8, 4) is 0 Å². The summed E-state index contributed by atoms with van der Waals surface area (Å²) < 4.78 is 0. The van der Waals surface area contributed by atoms with Crippen LogP contribution in [0.1, 0.15) is 34.2 Å². The van der Waals surface area contributed by atoms with Crippen molar-refractivity contribution in [1.82, 2.24) is 0 Å². The quantitative estimate of drug-likeness (QED) is 0.933. The first-order valence-corrected chi connectivity index (χ1v) is 7.61. The first-order chi connectivity index (χ1) is 10.2. The second kappa shape index (κ2) is 6.13. The summed E-state index contributed by atoms with van der Waals surface area (Å²) in [6.45, 7) is 0. The van der Waals surface area contributed by atoms with E-state index in [1.54, 1.807) is 0 Å². The van der Waals surface area contributed by atoms with Gasteiger partial charge in [0.1, 0.15) is 0 Å². The minimum atomic E-state index is -0.720. The van der Waals surface area contributed by atoms with E-state index in [0.717, 1.165) is 25.7 Å². The SMILES string of the molecule is O=C(O)CCc1cc2ccc1CCc1ccc(cc1)CC2. The van der Waals surface area contributed by atoms with Crippen LogP contribution in [0.3, 0.4) is 0 Å². The maximum Gasteiger partial charge on any atom is 0.303 e. The maximum absolute atomic E-state index is 10.8. The fourth-order valence-corrected chi connectivity index (χ4v) is 2.99. The highest BCUT2D eigenvalue weighted by Crippen LogP contribution is 2.20. The van der Waals surface area contributed by atoms with Gasteiger partial charge in [-0.05, 0) is 59.9 Å². The standard InChI is InChI=1S/C19H20O2/c20-19(21)12-11-18-13-16-6-5-14-1-3-15(4-2-14)7-9-17(18)10-8-16/h1-4,8,10,13H,5-7,9,11-12H2,(H,20,21). The highest BCUT2D eigenvalue weighted by molar-refractivity contribution is 5.67. The molecule has 0 fully saturated rings. The summed E-state index contributed by atoms with van der Waals surface area (Å²) in [6, 6.07) is 15.5. The molecule has 4 aliphatic rings. The molecule has 0 saturated heterocycles. The van der Waals surface area contributed by atoms with E-state index in [0.29, 0.717) is 6.42 Å². The van der Waals surface area contributed by atoms with Crippen LogP contribution < -0.4 is 0 Å². The summed E-state index contributed by atoms with van der Waals surface area (Å²) in [7, 11) is 0. The molecule has 2 heteroatoms. The predicted octanol–water partition coefficient (Wildman–Crippen LogP) is 3.59. The molecule has 4 bridgehead atoms. The minimum absolute atomic E-state index is 0.213. The number of carbonyl (C=O) groups is 1. The fourth-order valence-electron chi connectivity index (χ4n) is 2.99. The number of aliphatic carboxylic acids is 1. The Morgan fingerprint density at radius 3 is 2.10 bits per heavy atom. The first kappa shape index (κ1) is 13.9. The van der Waals surface area contributed by atoms with Gasteiger partial charge in [0.15, 0.2) is 0 Å². The van der Waals surface area contributed by atoms with Gasteiger partial charge >= 0.3 is 5.97 Å². The normalized spacial score (nSPS) is 13.7. The van der Waals surface area contributed by atoms with Gasteiger partial charge in [0.05, 0.1) is 0 Å². The molecule has 2 aromatic carbocycles. The Hall–Kier alpha value is -2.09. The van der Waals surface area contributed by atoms with Gasteiger partial charge in [0.25, 0.3) is 0 Å². The Kier molecular flexibility index (Phi) is 4.05. The zero-order valence-corrected chi connectivity index (χ0v) is 12.1. The molecule has 1 N–H and O–H groups in total. The van der Waals surface area contributed by atoms with Crippen molar-refractivity contribution in [2.75, 3.05) is 0 Å². The molecule has 0 radical (unpaired) electrons. The Morgan fingerprint density at radius 1 is 0.857 bits per heavy atom. The number of benzene rings is 2. The lowest BCUT2D eigenvalue weighted by Gasteiger charge is -2.14. The smallest absolute Gasteiger partial charge is 0.303 e. The van der Waals surface area contributed by atoms with Gasteiger partial charge in [0, 0.05) is 6.42 Å². The van der Waals surface area contributed by atoms with Gasteiger partial charge in [0.2, 0.25) is 0 Å². The monoisotopic (exact) mass is 280 g/mol. The van der Waals surface area contributed by atoms with E-state index in [-0.39, 0.29) is 6.42 Å². The molecule has 4 aliphatic carbocycles. The molecule has 0 saturated carbocycles. The van der Waals surface area contributed by atoms with Gasteiger partial charge in [-0.15, -0.1) is 0 Å². The second-order valence-corrected chi connectivity index (χ2v) is 5.81. The summed E-state index contributed by atoms with van der Waals surface area (Å²) in [5, 5.41) is 8.92. The predicted molar refractivity (Wildman–Crippen MR) is 83.7 cm³/mol. The molecule has 108 valence electrons. The van der Waals surface area contributed by atoms with Crippen LogP contribution in [0.25, 0.3) is 0 Å². The van der Waals surface area contributed by atoms with E-state index in [9.17, 15) is 4.79 Å². The zero-order valence-electron chi connectivity index (χ0n) is 12.1. The molecule has 0 aliphatic heterocycles. The van der Waals surface area contributed by atoms with E-state index in [1.165, 1.54) is 27.8 Å². The molecule has 0 unspecified atom stereocenters.